The Balaban J connectivity index is 2.85. The van der Waals surface area contributed by atoms with E-state index in [2.05, 4.69) is 12.2 Å². The van der Waals surface area contributed by atoms with Gasteiger partial charge >= 0.3 is 0 Å². The van der Waals surface area contributed by atoms with Crippen molar-refractivity contribution in [1.82, 2.24) is 5.32 Å². The SMILES string of the molecule is CCCCNC(C)(C(C)=O)c1ccccc1. The Labute approximate surface area is 98.1 Å². The van der Waals surface area contributed by atoms with Gasteiger partial charge in [-0.15, -0.1) is 0 Å². The van der Waals surface area contributed by atoms with Crippen LogP contribution in [0.5, 0.6) is 0 Å². The van der Waals surface area contributed by atoms with Crippen LogP contribution in [-0.4, -0.2) is 12.3 Å². The number of ketones is 1. The molecule has 0 spiro atoms. The summed E-state index contributed by atoms with van der Waals surface area (Å²) in [4.78, 5) is 11.8. The van der Waals surface area contributed by atoms with Gasteiger partial charge < -0.3 is 5.32 Å². The standard InChI is InChI=1S/C14H21NO/c1-4-5-11-15-14(3,12(2)16)13-9-7-6-8-10-13/h6-10,15H,4-5,11H2,1-3H3. The lowest BCUT2D eigenvalue weighted by Crippen LogP contribution is -2.45. The minimum absolute atomic E-state index is 0.162. The molecule has 1 N–H and O–H groups in total. The van der Waals surface area contributed by atoms with Crippen LogP contribution in [0, 0.1) is 0 Å². The predicted molar refractivity (Wildman–Crippen MR) is 67.4 cm³/mol. The Morgan fingerprint density at radius 3 is 2.44 bits per heavy atom. The maximum absolute atomic E-state index is 11.8. The smallest absolute Gasteiger partial charge is 0.154 e. The first-order valence-electron chi connectivity index (χ1n) is 5.93. The van der Waals surface area contributed by atoms with Crippen LogP contribution >= 0.6 is 0 Å². The number of Topliss-reactive ketones (excluding diaryl/α,β-unsaturated/α-hetero) is 1. The average Bonchev–Trinajstić information content (AvgIpc) is 2.30. The van der Waals surface area contributed by atoms with E-state index in [0.717, 1.165) is 24.9 Å². The van der Waals surface area contributed by atoms with Gasteiger partial charge in [-0.05, 0) is 32.4 Å². The highest BCUT2D eigenvalue weighted by atomic mass is 16.1. The number of nitrogens with one attached hydrogen (secondary N) is 1. The van der Waals surface area contributed by atoms with E-state index in [1.54, 1.807) is 6.92 Å². The van der Waals surface area contributed by atoms with Gasteiger partial charge in [-0.3, -0.25) is 4.79 Å². The van der Waals surface area contributed by atoms with Gasteiger partial charge in [-0.25, -0.2) is 0 Å². The van der Waals surface area contributed by atoms with Crippen molar-refractivity contribution < 1.29 is 4.79 Å². The van der Waals surface area contributed by atoms with Crippen molar-refractivity contribution in [2.24, 2.45) is 0 Å². The van der Waals surface area contributed by atoms with E-state index in [1.807, 2.05) is 37.3 Å². The summed E-state index contributed by atoms with van der Waals surface area (Å²) in [5.74, 6) is 0.162. The molecule has 1 aromatic carbocycles. The summed E-state index contributed by atoms with van der Waals surface area (Å²) in [5.41, 5.74) is 0.495. The lowest BCUT2D eigenvalue weighted by atomic mass is 9.88. The van der Waals surface area contributed by atoms with E-state index >= 15 is 0 Å². The zero-order valence-corrected chi connectivity index (χ0v) is 10.4. The van der Waals surface area contributed by atoms with E-state index in [9.17, 15) is 4.79 Å². The molecule has 2 heteroatoms. The third kappa shape index (κ3) is 2.92. The summed E-state index contributed by atoms with van der Waals surface area (Å²) in [5, 5.41) is 3.36. The van der Waals surface area contributed by atoms with E-state index in [1.165, 1.54) is 0 Å². The molecule has 0 aromatic heterocycles. The normalized spacial score (nSPS) is 14.4. The molecule has 0 radical (unpaired) electrons. The highest BCUT2D eigenvalue weighted by molar-refractivity contribution is 5.87. The Bertz CT molecular complexity index is 334. The quantitative estimate of drug-likeness (QED) is 0.745. The van der Waals surface area contributed by atoms with E-state index in [-0.39, 0.29) is 5.78 Å². The predicted octanol–water partition coefficient (Wildman–Crippen LogP) is 2.88. The zero-order valence-electron chi connectivity index (χ0n) is 10.4. The topological polar surface area (TPSA) is 29.1 Å². The van der Waals surface area contributed by atoms with Crippen molar-refractivity contribution in [3.05, 3.63) is 35.9 Å². The molecule has 0 aliphatic heterocycles. The Morgan fingerprint density at radius 1 is 1.31 bits per heavy atom. The molecular weight excluding hydrogens is 198 g/mol. The molecule has 1 atom stereocenters. The fraction of sp³-hybridized carbons (Fsp3) is 0.500. The van der Waals surface area contributed by atoms with Crippen LogP contribution in [0.25, 0.3) is 0 Å². The number of carbonyl (C=O) groups excluding carboxylic acids is 1. The lowest BCUT2D eigenvalue weighted by molar-refractivity contribution is -0.123. The second-order valence-electron chi connectivity index (χ2n) is 4.33. The molecule has 0 bridgehead atoms. The second kappa shape index (κ2) is 5.80. The van der Waals surface area contributed by atoms with E-state index in [4.69, 9.17) is 0 Å². The minimum Gasteiger partial charge on any atom is -0.301 e. The maximum Gasteiger partial charge on any atom is 0.154 e. The first kappa shape index (κ1) is 12.9. The highest BCUT2D eigenvalue weighted by Crippen LogP contribution is 2.21. The molecule has 0 saturated heterocycles. The Morgan fingerprint density at radius 2 is 1.94 bits per heavy atom. The fourth-order valence-electron chi connectivity index (χ4n) is 1.72. The largest absolute Gasteiger partial charge is 0.301 e. The summed E-state index contributed by atoms with van der Waals surface area (Å²) >= 11 is 0. The van der Waals surface area contributed by atoms with Crippen molar-refractivity contribution in [2.75, 3.05) is 6.54 Å². The first-order valence-corrected chi connectivity index (χ1v) is 5.93. The van der Waals surface area contributed by atoms with E-state index in [0.29, 0.717) is 0 Å². The van der Waals surface area contributed by atoms with Crippen LogP contribution in [0.15, 0.2) is 30.3 Å². The van der Waals surface area contributed by atoms with Gasteiger partial charge in [0.25, 0.3) is 0 Å². The summed E-state index contributed by atoms with van der Waals surface area (Å²) < 4.78 is 0. The molecule has 2 nitrogen and oxygen atoms in total. The number of unbranched alkanes of at least 4 members (excludes halogenated alkanes) is 1. The first-order chi connectivity index (χ1) is 7.61. The Hall–Kier alpha value is -1.15. The molecule has 1 rings (SSSR count). The number of benzene rings is 1. The minimum atomic E-state index is -0.545. The van der Waals surface area contributed by atoms with Gasteiger partial charge in [0.1, 0.15) is 0 Å². The number of hydrogen-bond acceptors (Lipinski definition) is 2. The maximum atomic E-state index is 11.8. The van der Waals surface area contributed by atoms with Crippen LogP contribution < -0.4 is 5.32 Å². The molecule has 0 saturated carbocycles. The van der Waals surface area contributed by atoms with Gasteiger partial charge in [-0.1, -0.05) is 43.7 Å². The van der Waals surface area contributed by atoms with Crippen molar-refractivity contribution in [3.63, 3.8) is 0 Å². The molecule has 0 fully saturated rings. The van der Waals surface area contributed by atoms with Gasteiger partial charge in [-0.2, -0.15) is 0 Å². The van der Waals surface area contributed by atoms with Gasteiger partial charge in [0.05, 0.1) is 5.54 Å². The van der Waals surface area contributed by atoms with Crippen molar-refractivity contribution in [1.29, 1.82) is 0 Å². The van der Waals surface area contributed by atoms with Crippen LogP contribution in [0.4, 0.5) is 0 Å². The summed E-state index contributed by atoms with van der Waals surface area (Å²) in [6, 6.07) is 9.91. The molecule has 1 aromatic rings. The molecule has 16 heavy (non-hydrogen) atoms. The van der Waals surface area contributed by atoms with Gasteiger partial charge in [0.2, 0.25) is 0 Å². The van der Waals surface area contributed by atoms with Crippen LogP contribution in [0.2, 0.25) is 0 Å². The molecule has 1 unspecified atom stereocenters. The summed E-state index contributed by atoms with van der Waals surface area (Å²) in [6.45, 7) is 6.63. The third-order valence-electron chi connectivity index (χ3n) is 3.06. The summed E-state index contributed by atoms with van der Waals surface area (Å²) in [6.07, 6.45) is 2.23. The fourth-order valence-corrected chi connectivity index (χ4v) is 1.72. The van der Waals surface area contributed by atoms with Crippen LogP contribution in [0.1, 0.15) is 39.2 Å². The van der Waals surface area contributed by atoms with Gasteiger partial charge in [0, 0.05) is 0 Å². The Kier molecular flexibility index (Phi) is 4.69. The average molecular weight is 219 g/mol. The van der Waals surface area contributed by atoms with Crippen molar-refractivity contribution in [2.45, 2.75) is 39.2 Å². The lowest BCUT2D eigenvalue weighted by Gasteiger charge is -2.28. The molecule has 0 aliphatic carbocycles. The number of carbonyl (C=O) groups is 1. The van der Waals surface area contributed by atoms with E-state index < -0.39 is 5.54 Å². The molecule has 0 amide bonds. The van der Waals surface area contributed by atoms with Crippen LogP contribution in [-0.2, 0) is 10.3 Å². The molecule has 88 valence electrons. The van der Waals surface area contributed by atoms with Crippen LogP contribution in [0.3, 0.4) is 0 Å². The van der Waals surface area contributed by atoms with Crippen molar-refractivity contribution in [3.8, 4) is 0 Å². The zero-order chi connectivity index (χ0) is 12.0. The van der Waals surface area contributed by atoms with Crippen molar-refractivity contribution >= 4 is 5.78 Å². The molecule has 0 aliphatic rings. The number of hydrogen-bond donors (Lipinski definition) is 1. The summed E-state index contributed by atoms with van der Waals surface area (Å²) in [7, 11) is 0. The highest BCUT2D eigenvalue weighted by Gasteiger charge is 2.30. The molecular formula is C14H21NO. The monoisotopic (exact) mass is 219 g/mol. The second-order valence-corrected chi connectivity index (χ2v) is 4.33. The number of rotatable bonds is 6. The third-order valence-corrected chi connectivity index (χ3v) is 3.06. The van der Waals surface area contributed by atoms with Gasteiger partial charge in [0.15, 0.2) is 5.78 Å². The molecule has 0 heterocycles.